The van der Waals surface area contributed by atoms with Crippen LogP contribution in [0.25, 0.3) is 0 Å². The number of ether oxygens (including phenoxy) is 2. The van der Waals surface area contributed by atoms with Gasteiger partial charge in [-0.3, -0.25) is 0 Å². The zero-order chi connectivity index (χ0) is 11.2. The number of hydrogen-bond acceptors (Lipinski definition) is 2. The molecule has 6 heteroatoms. The molecule has 0 aliphatic rings. The van der Waals surface area contributed by atoms with Gasteiger partial charge in [-0.15, -0.1) is 12.1 Å². The molecule has 0 aliphatic heterocycles. The second-order valence-corrected chi connectivity index (χ2v) is 3.01. The van der Waals surface area contributed by atoms with Crippen LogP contribution in [-0.2, 0) is 9.47 Å². The zero-order valence-corrected chi connectivity index (χ0v) is 8.43. The molecular weight excluding hydrogens is 196 g/mol. The standard InChI is InChI=1S/C8H15BF3O2/c1-4-13-6-8(3)14-5-7(2)9(10,11)12/h8H,2,4-6H2,1,3H3/q-1. The lowest BCUT2D eigenvalue weighted by molar-refractivity contribution is 0.00656. The highest BCUT2D eigenvalue weighted by molar-refractivity contribution is 6.66. The van der Waals surface area contributed by atoms with Crippen LogP contribution in [0.15, 0.2) is 12.1 Å². The first-order valence-corrected chi connectivity index (χ1v) is 4.44. The van der Waals surface area contributed by atoms with Crippen molar-refractivity contribution in [1.29, 1.82) is 0 Å². The van der Waals surface area contributed by atoms with E-state index in [4.69, 9.17) is 9.47 Å². The fraction of sp³-hybridized carbons (Fsp3) is 0.750. The van der Waals surface area contributed by atoms with Crippen molar-refractivity contribution in [2.75, 3.05) is 19.8 Å². The highest BCUT2D eigenvalue weighted by Crippen LogP contribution is 2.18. The summed E-state index contributed by atoms with van der Waals surface area (Å²) in [4.78, 5) is 0. The summed E-state index contributed by atoms with van der Waals surface area (Å²) in [5, 5.41) is 0. The van der Waals surface area contributed by atoms with Gasteiger partial charge >= 0.3 is 6.98 Å². The molecule has 0 bridgehead atoms. The Morgan fingerprint density at radius 2 is 2.00 bits per heavy atom. The first kappa shape index (κ1) is 13.5. The van der Waals surface area contributed by atoms with E-state index in [1.807, 2.05) is 6.92 Å². The van der Waals surface area contributed by atoms with Crippen molar-refractivity contribution in [3.05, 3.63) is 12.1 Å². The molecule has 84 valence electrons. The van der Waals surface area contributed by atoms with E-state index >= 15 is 0 Å². The second kappa shape index (κ2) is 6.08. The minimum atomic E-state index is -4.98. The molecule has 0 rings (SSSR count). The largest absolute Gasteiger partial charge is 0.507 e. The number of halogens is 3. The number of rotatable bonds is 7. The van der Waals surface area contributed by atoms with Gasteiger partial charge in [0.05, 0.1) is 12.7 Å². The molecule has 0 amide bonds. The summed E-state index contributed by atoms with van der Waals surface area (Å²) in [5.74, 6) is 0. The normalized spacial score (nSPS) is 14.1. The van der Waals surface area contributed by atoms with E-state index < -0.39 is 19.1 Å². The highest BCUT2D eigenvalue weighted by atomic mass is 19.4. The summed E-state index contributed by atoms with van der Waals surface area (Å²) in [7, 11) is 0. The summed E-state index contributed by atoms with van der Waals surface area (Å²) in [6.07, 6.45) is -0.343. The molecule has 0 aromatic carbocycles. The average molecular weight is 211 g/mol. The maximum atomic E-state index is 12.0. The third kappa shape index (κ3) is 6.04. The molecule has 1 unspecified atom stereocenters. The van der Waals surface area contributed by atoms with Gasteiger partial charge in [-0.05, 0) is 13.8 Å². The molecule has 2 nitrogen and oxygen atoms in total. The molecule has 0 N–H and O–H groups in total. The van der Waals surface area contributed by atoms with Crippen molar-refractivity contribution >= 4 is 6.98 Å². The maximum Gasteiger partial charge on any atom is 0.507 e. The third-order valence-electron chi connectivity index (χ3n) is 1.57. The van der Waals surface area contributed by atoms with Gasteiger partial charge in [0.1, 0.15) is 0 Å². The Morgan fingerprint density at radius 1 is 1.43 bits per heavy atom. The molecule has 1 atom stereocenters. The van der Waals surface area contributed by atoms with Crippen LogP contribution in [0.1, 0.15) is 13.8 Å². The summed E-state index contributed by atoms with van der Waals surface area (Å²) in [6, 6.07) is 0. The van der Waals surface area contributed by atoms with Crippen LogP contribution in [0.5, 0.6) is 0 Å². The zero-order valence-electron chi connectivity index (χ0n) is 8.43. The van der Waals surface area contributed by atoms with Gasteiger partial charge < -0.3 is 22.4 Å². The van der Waals surface area contributed by atoms with Crippen LogP contribution in [0.3, 0.4) is 0 Å². The quantitative estimate of drug-likeness (QED) is 0.601. The Hall–Kier alpha value is -0.485. The predicted molar refractivity (Wildman–Crippen MR) is 50.1 cm³/mol. The first-order chi connectivity index (χ1) is 6.38. The van der Waals surface area contributed by atoms with E-state index in [1.165, 1.54) is 0 Å². The van der Waals surface area contributed by atoms with E-state index in [9.17, 15) is 12.9 Å². The molecule has 0 spiro atoms. The molecule has 0 saturated heterocycles. The molecule has 0 fully saturated rings. The first-order valence-electron chi connectivity index (χ1n) is 4.44. The van der Waals surface area contributed by atoms with Gasteiger partial charge in [0.25, 0.3) is 0 Å². The lowest BCUT2D eigenvalue weighted by Gasteiger charge is -2.20. The maximum absolute atomic E-state index is 12.0. The minimum absolute atomic E-state index is 0.300. The molecule has 0 aromatic rings. The van der Waals surface area contributed by atoms with Crippen molar-refractivity contribution in [2.24, 2.45) is 0 Å². The van der Waals surface area contributed by atoms with Gasteiger partial charge in [-0.2, -0.15) is 0 Å². The Balaban J connectivity index is 3.67. The second-order valence-electron chi connectivity index (χ2n) is 3.01. The number of hydrogen-bond donors (Lipinski definition) is 0. The van der Waals surface area contributed by atoms with E-state index in [2.05, 4.69) is 6.58 Å². The Labute approximate surface area is 82.1 Å². The smallest absolute Gasteiger partial charge is 0.445 e. The monoisotopic (exact) mass is 211 g/mol. The minimum Gasteiger partial charge on any atom is -0.445 e. The van der Waals surface area contributed by atoms with Crippen molar-refractivity contribution in [1.82, 2.24) is 0 Å². The van der Waals surface area contributed by atoms with Gasteiger partial charge in [0.2, 0.25) is 0 Å². The highest BCUT2D eigenvalue weighted by Gasteiger charge is 2.26. The van der Waals surface area contributed by atoms with Gasteiger partial charge in [0.15, 0.2) is 0 Å². The summed E-state index contributed by atoms with van der Waals surface area (Å²) in [6.45, 7) is 1.76. The van der Waals surface area contributed by atoms with Crippen LogP contribution in [0, 0.1) is 0 Å². The predicted octanol–water partition coefficient (Wildman–Crippen LogP) is 2.37. The summed E-state index contributed by atoms with van der Waals surface area (Å²) in [5.41, 5.74) is -0.812. The van der Waals surface area contributed by atoms with Crippen molar-refractivity contribution < 1.29 is 22.4 Å². The van der Waals surface area contributed by atoms with Crippen molar-refractivity contribution in [3.8, 4) is 0 Å². The SMILES string of the molecule is C=C(COC(C)COCC)[B-](F)(F)F. The van der Waals surface area contributed by atoms with Crippen LogP contribution in [0.4, 0.5) is 12.9 Å². The molecule has 0 aliphatic carbocycles. The van der Waals surface area contributed by atoms with E-state index in [0.717, 1.165) is 0 Å². The fourth-order valence-corrected chi connectivity index (χ4v) is 0.676. The Bertz CT molecular complexity index is 182. The summed E-state index contributed by atoms with van der Waals surface area (Å²) >= 11 is 0. The van der Waals surface area contributed by atoms with Gasteiger partial charge in [-0.25, -0.2) is 0 Å². The topological polar surface area (TPSA) is 18.5 Å². The van der Waals surface area contributed by atoms with Crippen LogP contribution in [-0.4, -0.2) is 32.9 Å². The molecule has 0 saturated carbocycles. The Kier molecular flexibility index (Phi) is 5.87. The van der Waals surface area contributed by atoms with Crippen LogP contribution >= 0.6 is 0 Å². The van der Waals surface area contributed by atoms with Crippen LogP contribution in [0.2, 0.25) is 0 Å². The van der Waals surface area contributed by atoms with Crippen LogP contribution < -0.4 is 0 Å². The molecule has 0 radical (unpaired) electrons. The van der Waals surface area contributed by atoms with E-state index in [1.54, 1.807) is 6.92 Å². The third-order valence-corrected chi connectivity index (χ3v) is 1.57. The van der Waals surface area contributed by atoms with Crippen molar-refractivity contribution in [2.45, 2.75) is 20.0 Å². The van der Waals surface area contributed by atoms with E-state index in [-0.39, 0.29) is 6.10 Å². The van der Waals surface area contributed by atoms with E-state index in [0.29, 0.717) is 13.2 Å². The average Bonchev–Trinajstić information content (AvgIpc) is 2.09. The molecule has 0 heterocycles. The lowest BCUT2D eigenvalue weighted by atomic mass is 9.81. The fourth-order valence-electron chi connectivity index (χ4n) is 0.676. The molecule has 0 aromatic heterocycles. The Morgan fingerprint density at radius 3 is 2.43 bits per heavy atom. The summed E-state index contributed by atoms with van der Waals surface area (Å²) < 4.78 is 45.9. The van der Waals surface area contributed by atoms with Crippen molar-refractivity contribution in [3.63, 3.8) is 0 Å². The molecular formula is C8H15BF3O2-. The van der Waals surface area contributed by atoms with Gasteiger partial charge in [0, 0.05) is 13.2 Å². The molecule has 14 heavy (non-hydrogen) atoms. The van der Waals surface area contributed by atoms with Gasteiger partial charge in [-0.1, -0.05) is 0 Å². The lowest BCUT2D eigenvalue weighted by Crippen LogP contribution is -2.25.